The van der Waals surface area contributed by atoms with Gasteiger partial charge in [0, 0.05) is 12.2 Å². The summed E-state index contributed by atoms with van der Waals surface area (Å²) in [5, 5.41) is 7.10. The van der Waals surface area contributed by atoms with E-state index < -0.39 is 0 Å². The van der Waals surface area contributed by atoms with Gasteiger partial charge in [-0.05, 0) is 31.5 Å². The molecule has 0 radical (unpaired) electrons. The molecule has 2 aromatic heterocycles. The van der Waals surface area contributed by atoms with Crippen LogP contribution in [0.5, 0.6) is 0 Å². The Balaban J connectivity index is 2.23. The number of pyridine rings is 1. The maximum absolute atomic E-state index is 11.8. The molecule has 1 atom stereocenters. The van der Waals surface area contributed by atoms with Crippen LogP contribution in [-0.4, -0.2) is 21.6 Å². The summed E-state index contributed by atoms with van der Waals surface area (Å²) in [4.78, 5) is 11.8. The van der Waals surface area contributed by atoms with Crippen LogP contribution >= 0.6 is 0 Å². The first-order valence-corrected chi connectivity index (χ1v) is 5.46. The number of amides is 1. The van der Waals surface area contributed by atoms with Crippen LogP contribution in [0, 0.1) is 0 Å². The van der Waals surface area contributed by atoms with E-state index in [4.69, 9.17) is 0 Å². The van der Waals surface area contributed by atoms with E-state index in [-0.39, 0.29) is 11.9 Å². The van der Waals surface area contributed by atoms with Crippen LogP contribution in [0.15, 0.2) is 30.5 Å². The second-order valence-corrected chi connectivity index (χ2v) is 3.88. The van der Waals surface area contributed by atoms with Crippen LogP contribution in [-0.2, 0) is 0 Å². The van der Waals surface area contributed by atoms with Crippen molar-refractivity contribution in [1.82, 2.24) is 14.9 Å². The smallest absolute Gasteiger partial charge is 0.272 e. The van der Waals surface area contributed by atoms with Crippen molar-refractivity contribution in [3.05, 3.63) is 36.2 Å². The number of nitrogens with one attached hydrogen (secondary N) is 1. The highest BCUT2D eigenvalue weighted by Gasteiger charge is 2.12. The van der Waals surface area contributed by atoms with E-state index in [2.05, 4.69) is 10.4 Å². The molecule has 2 aromatic rings. The first kappa shape index (κ1) is 10.7. The number of hydrogen-bond acceptors (Lipinski definition) is 2. The summed E-state index contributed by atoms with van der Waals surface area (Å²) < 4.78 is 1.70. The molecule has 0 aliphatic carbocycles. The number of nitrogens with zero attached hydrogens (tertiary/aromatic N) is 2. The number of hydrogen-bond donors (Lipinski definition) is 1. The minimum absolute atomic E-state index is 0.113. The summed E-state index contributed by atoms with van der Waals surface area (Å²) in [6.07, 6.45) is 2.74. The minimum Gasteiger partial charge on any atom is -0.348 e. The summed E-state index contributed by atoms with van der Waals surface area (Å²) in [6, 6.07) is 7.70. The van der Waals surface area contributed by atoms with Crippen molar-refractivity contribution in [2.45, 2.75) is 26.3 Å². The van der Waals surface area contributed by atoms with Gasteiger partial charge in [0.1, 0.15) is 0 Å². The zero-order valence-corrected chi connectivity index (χ0v) is 9.47. The van der Waals surface area contributed by atoms with Crippen LogP contribution in [0.3, 0.4) is 0 Å². The molecule has 0 saturated heterocycles. The van der Waals surface area contributed by atoms with Crippen LogP contribution in [0.2, 0.25) is 0 Å². The molecule has 0 aliphatic rings. The van der Waals surface area contributed by atoms with E-state index in [1.165, 1.54) is 0 Å². The average Bonchev–Trinajstić information content (AvgIpc) is 2.72. The summed E-state index contributed by atoms with van der Waals surface area (Å²) in [7, 11) is 0. The van der Waals surface area contributed by atoms with Gasteiger partial charge in [0.05, 0.1) is 5.52 Å². The molecule has 1 unspecified atom stereocenters. The van der Waals surface area contributed by atoms with Gasteiger partial charge in [0.25, 0.3) is 5.91 Å². The number of fused-ring (bicyclic) bond motifs is 1. The normalized spacial score (nSPS) is 12.6. The third-order valence-corrected chi connectivity index (χ3v) is 2.59. The molecular weight excluding hydrogens is 202 g/mol. The predicted octanol–water partition coefficient (Wildman–Crippen LogP) is 1.86. The molecule has 4 heteroatoms. The van der Waals surface area contributed by atoms with Gasteiger partial charge in [-0.25, -0.2) is 4.52 Å². The Morgan fingerprint density at radius 2 is 2.38 bits per heavy atom. The van der Waals surface area contributed by atoms with Gasteiger partial charge in [-0.2, -0.15) is 5.10 Å². The summed E-state index contributed by atoms with van der Waals surface area (Å²) >= 11 is 0. The molecule has 0 aliphatic heterocycles. The molecule has 0 bridgehead atoms. The maximum atomic E-state index is 11.8. The molecule has 4 nitrogen and oxygen atoms in total. The van der Waals surface area contributed by atoms with Crippen LogP contribution in [0.4, 0.5) is 0 Å². The first-order valence-electron chi connectivity index (χ1n) is 5.46. The molecule has 84 valence electrons. The molecule has 0 aromatic carbocycles. The topological polar surface area (TPSA) is 46.4 Å². The van der Waals surface area contributed by atoms with Crippen molar-refractivity contribution >= 4 is 11.4 Å². The minimum atomic E-state index is -0.113. The number of carbonyl (C=O) groups is 1. The lowest BCUT2D eigenvalue weighted by atomic mass is 10.2. The Labute approximate surface area is 94.3 Å². The van der Waals surface area contributed by atoms with Gasteiger partial charge in [0.2, 0.25) is 0 Å². The second kappa shape index (κ2) is 4.35. The molecule has 1 N–H and O–H groups in total. The highest BCUT2D eigenvalue weighted by atomic mass is 16.2. The van der Waals surface area contributed by atoms with Gasteiger partial charge in [-0.15, -0.1) is 0 Å². The van der Waals surface area contributed by atoms with Gasteiger partial charge >= 0.3 is 0 Å². The third-order valence-electron chi connectivity index (χ3n) is 2.59. The lowest BCUT2D eigenvalue weighted by Crippen LogP contribution is -2.32. The van der Waals surface area contributed by atoms with E-state index in [9.17, 15) is 4.79 Å². The molecule has 0 spiro atoms. The first-order chi connectivity index (χ1) is 7.70. The van der Waals surface area contributed by atoms with Crippen molar-refractivity contribution in [3.8, 4) is 0 Å². The Bertz CT molecular complexity index is 471. The van der Waals surface area contributed by atoms with Crippen molar-refractivity contribution in [2.24, 2.45) is 0 Å². The molecule has 16 heavy (non-hydrogen) atoms. The Kier molecular flexibility index (Phi) is 2.90. The lowest BCUT2D eigenvalue weighted by molar-refractivity contribution is 0.0934. The third kappa shape index (κ3) is 2.05. The van der Waals surface area contributed by atoms with Gasteiger partial charge in [-0.1, -0.05) is 13.0 Å². The summed E-state index contributed by atoms with van der Waals surface area (Å²) in [5.74, 6) is -0.113. The molecule has 1 amide bonds. The number of aromatic nitrogens is 2. The van der Waals surface area contributed by atoms with E-state index in [0.29, 0.717) is 5.69 Å². The zero-order valence-electron chi connectivity index (χ0n) is 9.47. The maximum Gasteiger partial charge on any atom is 0.272 e. The SMILES string of the molecule is CCC(C)NC(=O)c1cc2ccccn2n1. The standard InChI is InChI=1S/C12H15N3O/c1-3-9(2)13-12(16)11-8-10-6-4-5-7-15(10)14-11/h4-9H,3H2,1-2H3,(H,13,16). The van der Waals surface area contributed by atoms with Gasteiger partial charge in [0.15, 0.2) is 5.69 Å². The van der Waals surface area contributed by atoms with Crippen LogP contribution < -0.4 is 5.32 Å². The second-order valence-electron chi connectivity index (χ2n) is 3.88. The number of rotatable bonds is 3. The van der Waals surface area contributed by atoms with Crippen molar-refractivity contribution in [1.29, 1.82) is 0 Å². The highest BCUT2D eigenvalue weighted by molar-refractivity contribution is 5.93. The predicted molar refractivity (Wildman–Crippen MR) is 62.4 cm³/mol. The van der Waals surface area contributed by atoms with Crippen molar-refractivity contribution in [2.75, 3.05) is 0 Å². The molecule has 0 saturated carbocycles. The lowest BCUT2D eigenvalue weighted by Gasteiger charge is -2.08. The Hall–Kier alpha value is -1.84. The quantitative estimate of drug-likeness (QED) is 0.853. The van der Waals surface area contributed by atoms with E-state index >= 15 is 0 Å². The largest absolute Gasteiger partial charge is 0.348 e. The highest BCUT2D eigenvalue weighted by Crippen LogP contribution is 2.06. The average molecular weight is 217 g/mol. The fourth-order valence-electron chi connectivity index (χ4n) is 1.45. The zero-order chi connectivity index (χ0) is 11.5. The van der Waals surface area contributed by atoms with E-state index in [1.807, 2.05) is 38.2 Å². The molecule has 2 heterocycles. The monoisotopic (exact) mass is 217 g/mol. The van der Waals surface area contributed by atoms with Crippen molar-refractivity contribution in [3.63, 3.8) is 0 Å². The number of carbonyl (C=O) groups excluding carboxylic acids is 1. The van der Waals surface area contributed by atoms with Crippen molar-refractivity contribution < 1.29 is 4.79 Å². The van der Waals surface area contributed by atoms with Gasteiger partial charge in [-0.3, -0.25) is 4.79 Å². The molecule has 0 fully saturated rings. The summed E-state index contributed by atoms with van der Waals surface area (Å²) in [5.41, 5.74) is 1.39. The Morgan fingerprint density at radius 1 is 1.56 bits per heavy atom. The summed E-state index contributed by atoms with van der Waals surface area (Å²) in [6.45, 7) is 4.02. The molecule has 2 rings (SSSR count). The molecular formula is C12H15N3O. The van der Waals surface area contributed by atoms with E-state index in [0.717, 1.165) is 11.9 Å². The van der Waals surface area contributed by atoms with E-state index in [1.54, 1.807) is 10.6 Å². The Morgan fingerprint density at radius 3 is 3.06 bits per heavy atom. The van der Waals surface area contributed by atoms with Crippen LogP contribution in [0.25, 0.3) is 5.52 Å². The fraction of sp³-hybridized carbons (Fsp3) is 0.333. The van der Waals surface area contributed by atoms with Crippen LogP contribution in [0.1, 0.15) is 30.8 Å². The van der Waals surface area contributed by atoms with Gasteiger partial charge < -0.3 is 5.32 Å². The fourth-order valence-corrected chi connectivity index (χ4v) is 1.45.